The lowest BCUT2D eigenvalue weighted by Gasteiger charge is -2.11. The summed E-state index contributed by atoms with van der Waals surface area (Å²) in [4.78, 5) is 4.38. The van der Waals surface area contributed by atoms with Crippen LogP contribution in [0.5, 0.6) is 0 Å². The molecule has 1 heterocycles. The number of aromatic amines is 1. The molecule has 0 saturated heterocycles. The highest BCUT2D eigenvalue weighted by molar-refractivity contribution is 7.71. The number of nitrogens with one attached hydrogen (secondary N) is 1. The van der Waals surface area contributed by atoms with E-state index in [-0.39, 0.29) is 0 Å². The minimum atomic E-state index is 0.295. The first kappa shape index (κ1) is 11.1. The molecule has 1 atom stereocenters. The summed E-state index contributed by atoms with van der Waals surface area (Å²) in [5.41, 5.74) is 1.27. The van der Waals surface area contributed by atoms with E-state index in [0.29, 0.717) is 10.7 Å². The summed E-state index contributed by atoms with van der Waals surface area (Å²) in [5, 5.41) is 3.20. The Morgan fingerprint density at radius 2 is 2.06 bits per heavy atom. The Kier molecular flexibility index (Phi) is 3.19. The number of hydrogen-bond donors (Lipinski definition) is 1. The molecule has 1 aromatic carbocycles. The van der Waals surface area contributed by atoms with E-state index in [9.17, 15) is 0 Å². The predicted molar refractivity (Wildman–Crippen MR) is 67.0 cm³/mol. The van der Waals surface area contributed by atoms with Crippen molar-refractivity contribution in [1.29, 1.82) is 0 Å². The zero-order chi connectivity index (χ0) is 11.5. The highest BCUT2D eigenvalue weighted by Crippen LogP contribution is 2.24. The average molecular weight is 233 g/mol. The van der Waals surface area contributed by atoms with Gasteiger partial charge < -0.3 is 0 Å². The molecule has 0 spiro atoms. The van der Waals surface area contributed by atoms with Crippen LogP contribution in [-0.2, 0) is 7.05 Å². The van der Waals surface area contributed by atoms with Gasteiger partial charge in [-0.3, -0.25) is 9.78 Å². The molecular weight excluding hydrogens is 218 g/mol. The molecule has 16 heavy (non-hydrogen) atoms. The van der Waals surface area contributed by atoms with Crippen LogP contribution in [0.15, 0.2) is 30.3 Å². The fraction of sp³-hybridized carbons (Fsp3) is 0.333. The van der Waals surface area contributed by atoms with Crippen LogP contribution in [-0.4, -0.2) is 14.8 Å². The fourth-order valence-electron chi connectivity index (χ4n) is 1.85. The van der Waals surface area contributed by atoms with Crippen molar-refractivity contribution < 1.29 is 0 Å². The first-order chi connectivity index (χ1) is 7.72. The van der Waals surface area contributed by atoms with E-state index in [2.05, 4.69) is 41.3 Å². The fourth-order valence-corrected chi connectivity index (χ4v) is 1.99. The van der Waals surface area contributed by atoms with Crippen LogP contribution < -0.4 is 0 Å². The number of H-pyrrole nitrogens is 1. The minimum Gasteiger partial charge on any atom is -0.283 e. The highest BCUT2D eigenvalue weighted by Gasteiger charge is 2.15. The van der Waals surface area contributed by atoms with Gasteiger partial charge in [-0.25, -0.2) is 4.98 Å². The molecule has 0 fully saturated rings. The summed E-state index contributed by atoms with van der Waals surface area (Å²) in [6.07, 6.45) is 1.01. The van der Waals surface area contributed by atoms with Crippen LogP contribution in [0, 0.1) is 4.77 Å². The van der Waals surface area contributed by atoms with Crippen LogP contribution >= 0.6 is 12.2 Å². The molecule has 0 radical (unpaired) electrons. The molecule has 4 heteroatoms. The third-order valence-electron chi connectivity index (χ3n) is 2.73. The van der Waals surface area contributed by atoms with Crippen molar-refractivity contribution in [3.05, 3.63) is 46.5 Å². The molecule has 0 aliphatic carbocycles. The number of aromatic nitrogens is 3. The summed E-state index contributed by atoms with van der Waals surface area (Å²) < 4.78 is 2.38. The lowest BCUT2D eigenvalue weighted by Crippen LogP contribution is -2.02. The van der Waals surface area contributed by atoms with Gasteiger partial charge in [0, 0.05) is 13.0 Å². The first-order valence-electron chi connectivity index (χ1n) is 5.40. The zero-order valence-corrected chi connectivity index (χ0v) is 10.3. The van der Waals surface area contributed by atoms with Crippen molar-refractivity contribution in [1.82, 2.24) is 14.8 Å². The number of aryl methyl sites for hydroxylation is 1. The quantitative estimate of drug-likeness (QED) is 0.827. The topological polar surface area (TPSA) is 33.6 Å². The Morgan fingerprint density at radius 3 is 2.56 bits per heavy atom. The molecule has 1 N–H and O–H groups in total. The van der Waals surface area contributed by atoms with Gasteiger partial charge in [0.1, 0.15) is 5.82 Å². The average Bonchev–Trinajstić information content (AvgIpc) is 2.61. The Bertz CT molecular complexity index is 513. The molecule has 1 unspecified atom stereocenters. The van der Waals surface area contributed by atoms with Crippen molar-refractivity contribution in [3.63, 3.8) is 0 Å². The van der Waals surface area contributed by atoms with E-state index in [1.807, 2.05) is 13.1 Å². The minimum absolute atomic E-state index is 0.295. The van der Waals surface area contributed by atoms with Crippen LogP contribution in [0.2, 0.25) is 0 Å². The van der Waals surface area contributed by atoms with Crippen molar-refractivity contribution in [2.75, 3.05) is 0 Å². The van der Waals surface area contributed by atoms with Crippen molar-refractivity contribution in [2.24, 2.45) is 7.05 Å². The van der Waals surface area contributed by atoms with E-state index in [1.165, 1.54) is 5.56 Å². The predicted octanol–water partition coefficient (Wildman–Crippen LogP) is 3.02. The number of nitrogens with zero attached hydrogens (tertiary/aromatic N) is 2. The molecule has 0 amide bonds. The third kappa shape index (κ3) is 2.07. The summed E-state index contributed by atoms with van der Waals surface area (Å²) >= 11 is 5.11. The van der Waals surface area contributed by atoms with Gasteiger partial charge in [0.05, 0.1) is 0 Å². The van der Waals surface area contributed by atoms with Gasteiger partial charge in [0.2, 0.25) is 4.77 Å². The maximum absolute atomic E-state index is 5.11. The molecule has 1 aromatic heterocycles. The number of hydrogen-bond acceptors (Lipinski definition) is 2. The molecular formula is C12H15N3S. The monoisotopic (exact) mass is 233 g/mol. The maximum Gasteiger partial charge on any atom is 0.215 e. The van der Waals surface area contributed by atoms with Gasteiger partial charge in [-0.2, -0.15) is 0 Å². The largest absolute Gasteiger partial charge is 0.283 e. The van der Waals surface area contributed by atoms with Crippen LogP contribution in [0.3, 0.4) is 0 Å². The standard InChI is InChI=1S/C12H15N3S/c1-3-10(9-7-5-4-6-8-9)11-13-12(16)15(2)14-11/h4-8,10H,3H2,1-2H3,(H,13,14,16). The van der Waals surface area contributed by atoms with E-state index >= 15 is 0 Å². The van der Waals surface area contributed by atoms with Crippen LogP contribution in [0.25, 0.3) is 0 Å². The van der Waals surface area contributed by atoms with Crippen LogP contribution in [0.1, 0.15) is 30.7 Å². The zero-order valence-electron chi connectivity index (χ0n) is 9.47. The molecule has 2 rings (SSSR count). The van der Waals surface area contributed by atoms with Gasteiger partial charge in [0.25, 0.3) is 0 Å². The van der Waals surface area contributed by atoms with Gasteiger partial charge in [-0.15, -0.1) is 0 Å². The second-order valence-electron chi connectivity index (χ2n) is 3.82. The molecule has 0 saturated carbocycles. The molecule has 3 nitrogen and oxygen atoms in total. The normalized spacial score (nSPS) is 12.6. The first-order valence-corrected chi connectivity index (χ1v) is 5.81. The Labute approximate surface area is 100 Å². The van der Waals surface area contributed by atoms with E-state index in [4.69, 9.17) is 12.2 Å². The van der Waals surface area contributed by atoms with E-state index in [0.717, 1.165) is 12.2 Å². The molecule has 2 aromatic rings. The van der Waals surface area contributed by atoms with Crippen molar-refractivity contribution in [3.8, 4) is 0 Å². The molecule has 0 aliphatic rings. The summed E-state index contributed by atoms with van der Waals surface area (Å²) in [5.74, 6) is 1.24. The van der Waals surface area contributed by atoms with Crippen molar-refractivity contribution >= 4 is 12.2 Å². The van der Waals surface area contributed by atoms with Crippen molar-refractivity contribution in [2.45, 2.75) is 19.3 Å². The van der Waals surface area contributed by atoms with Gasteiger partial charge >= 0.3 is 0 Å². The SMILES string of the molecule is CCC(c1ccccc1)c1nc(=S)n(C)[nH]1. The highest BCUT2D eigenvalue weighted by atomic mass is 32.1. The lowest BCUT2D eigenvalue weighted by atomic mass is 9.96. The maximum atomic E-state index is 5.11. The molecule has 0 aliphatic heterocycles. The summed E-state index contributed by atoms with van der Waals surface area (Å²) in [6.45, 7) is 2.16. The van der Waals surface area contributed by atoms with Crippen LogP contribution in [0.4, 0.5) is 0 Å². The number of benzene rings is 1. The molecule has 0 bridgehead atoms. The smallest absolute Gasteiger partial charge is 0.215 e. The summed E-state index contributed by atoms with van der Waals surface area (Å²) in [7, 11) is 1.89. The summed E-state index contributed by atoms with van der Waals surface area (Å²) in [6, 6.07) is 10.4. The third-order valence-corrected chi connectivity index (χ3v) is 3.09. The lowest BCUT2D eigenvalue weighted by molar-refractivity contribution is 0.681. The number of rotatable bonds is 3. The van der Waals surface area contributed by atoms with E-state index in [1.54, 1.807) is 4.68 Å². The van der Waals surface area contributed by atoms with E-state index < -0.39 is 0 Å². The van der Waals surface area contributed by atoms with Gasteiger partial charge in [-0.05, 0) is 24.2 Å². The van der Waals surface area contributed by atoms with Gasteiger partial charge in [0.15, 0.2) is 0 Å². The Balaban J connectivity index is 2.40. The molecule has 84 valence electrons. The van der Waals surface area contributed by atoms with Gasteiger partial charge in [-0.1, -0.05) is 37.3 Å². The second-order valence-corrected chi connectivity index (χ2v) is 4.19. The second kappa shape index (κ2) is 4.61. The Morgan fingerprint density at radius 1 is 1.38 bits per heavy atom. The Hall–Kier alpha value is -1.42.